The molecule has 1 aliphatic rings. The zero-order valence-electron chi connectivity index (χ0n) is 9.33. The molecule has 0 spiro atoms. The van der Waals surface area contributed by atoms with Crippen LogP contribution >= 0.6 is 22.6 Å². The molecule has 1 atom stereocenters. The third-order valence-electron chi connectivity index (χ3n) is 2.59. The predicted molar refractivity (Wildman–Crippen MR) is 68.6 cm³/mol. The number of para-hydroxylation sites is 1. The summed E-state index contributed by atoms with van der Waals surface area (Å²) >= 11 is 2.10. The van der Waals surface area contributed by atoms with Crippen LogP contribution in [0.15, 0.2) is 18.2 Å². The summed E-state index contributed by atoms with van der Waals surface area (Å²) in [4.78, 5) is 10.7. The van der Waals surface area contributed by atoms with E-state index >= 15 is 0 Å². The molecule has 17 heavy (non-hydrogen) atoms. The van der Waals surface area contributed by atoms with Gasteiger partial charge in [0, 0.05) is 13.3 Å². The molecule has 1 aliphatic heterocycles. The second-order valence-electron chi connectivity index (χ2n) is 3.99. The van der Waals surface area contributed by atoms with Crippen molar-refractivity contribution in [1.82, 2.24) is 0 Å². The van der Waals surface area contributed by atoms with Gasteiger partial charge in [-0.15, -0.1) is 0 Å². The Hall–Kier alpha value is -0.850. The SMILES string of the molecule is CC(=O)OCC1(F)CCc2cccc(I)c2O1. The second kappa shape index (κ2) is 4.80. The predicted octanol–water partition coefficient (Wildman–Crippen LogP) is 2.85. The molecule has 0 saturated carbocycles. The summed E-state index contributed by atoms with van der Waals surface area (Å²) in [7, 11) is 0. The van der Waals surface area contributed by atoms with Crippen LogP contribution in [0.4, 0.5) is 4.39 Å². The van der Waals surface area contributed by atoms with E-state index in [-0.39, 0.29) is 13.0 Å². The normalized spacial score (nSPS) is 22.5. The molecule has 92 valence electrons. The van der Waals surface area contributed by atoms with E-state index < -0.39 is 11.8 Å². The molecule has 2 rings (SSSR count). The number of rotatable bonds is 2. The summed E-state index contributed by atoms with van der Waals surface area (Å²) < 4.78 is 25.2. The molecule has 1 heterocycles. The zero-order valence-corrected chi connectivity index (χ0v) is 11.5. The van der Waals surface area contributed by atoms with Gasteiger partial charge >= 0.3 is 5.97 Å². The molecular formula is C12H12FIO3. The lowest BCUT2D eigenvalue weighted by atomic mass is 10.0. The standard InChI is InChI=1S/C12H12FIO3/c1-8(15)16-7-12(13)6-5-9-3-2-4-10(14)11(9)17-12/h2-4H,5-7H2,1H3. The first-order chi connectivity index (χ1) is 8.00. The van der Waals surface area contributed by atoms with Gasteiger partial charge in [-0.1, -0.05) is 12.1 Å². The van der Waals surface area contributed by atoms with Gasteiger partial charge in [-0.25, -0.2) is 0 Å². The Kier molecular flexibility index (Phi) is 3.56. The first-order valence-electron chi connectivity index (χ1n) is 5.29. The van der Waals surface area contributed by atoms with E-state index in [0.29, 0.717) is 12.2 Å². The minimum absolute atomic E-state index is 0.202. The third kappa shape index (κ3) is 2.88. The number of hydrogen-bond donors (Lipinski definition) is 0. The van der Waals surface area contributed by atoms with Gasteiger partial charge in [-0.3, -0.25) is 4.79 Å². The van der Waals surface area contributed by atoms with Crippen LogP contribution in [-0.4, -0.2) is 18.4 Å². The summed E-state index contributed by atoms with van der Waals surface area (Å²) in [6.45, 7) is 0.899. The van der Waals surface area contributed by atoms with Crippen LogP contribution in [0, 0.1) is 3.57 Å². The fraction of sp³-hybridized carbons (Fsp3) is 0.417. The summed E-state index contributed by atoms with van der Waals surface area (Å²) in [5.74, 6) is -1.84. The average molecular weight is 350 g/mol. The van der Waals surface area contributed by atoms with Gasteiger partial charge in [0.1, 0.15) is 5.75 Å². The summed E-state index contributed by atoms with van der Waals surface area (Å²) in [5.41, 5.74) is 0.994. The van der Waals surface area contributed by atoms with Crippen molar-refractivity contribution in [3.63, 3.8) is 0 Å². The Morgan fingerprint density at radius 2 is 2.41 bits per heavy atom. The van der Waals surface area contributed by atoms with Gasteiger partial charge in [-0.05, 0) is 40.6 Å². The lowest BCUT2D eigenvalue weighted by molar-refractivity contribution is -0.163. The van der Waals surface area contributed by atoms with Crippen molar-refractivity contribution in [2.24, 2.45) is 0 Å². The molecule has 1 aromatic rings. The Bertz CT molecular complexity index is 449. The van der Waals surface area contributed by atoms with Crippen LogP contribution in [0.25, 0.3) is 0 Å². The first kappa shape index (κ1) is 12.6. The fourth-order valence-corrected chi connectivity index (χ4v) is 2.40. The molecule has 0 bridgehead atoms. The maximum atomic E-state index is 14.3. The summed E-state index contributed by atoms with van der Waals surface area (Å²) in [5, 5.41) is 0. The van der Waals surface area contributed by atoms with E-state index in [1.165, 1.54) is 6.92 Å². The Labute approximate surface area is 112 Å². The van der Waals surface area contributed by atoms with Gasteiger partial charge in [0.2, 0.25) is 0 Å². The van der Waals surface area contributed by atoms with Gasteiger partial charge < -0.3 is 9.47 Å². The number of fused-ring (bicyclic) bond motifs is 1. The average Bonchev–Trinajstić information content (AvgIpc) is 2.28. The third-order valence-corrected chi connectivity index (χ3v) is 3.44. The molecule has 0 aromatic heterocycles. The molecule has 0 fully saturated rings. The number of ether oxygens (including phenoxy) is 2. The first-order valence-corrected chi connectivity index (χ1v) is 6.37. The highest BCUT2D eigenvalue weighted by Gasteiger charge is 2.38. The summed E-state index contributed by atoms with van der Waals surface area (Å²) in [6.07, 6.45) is 0.789. The smallest absolute Gasteiger partial charge is 0.302 e. The van der Waals surface area contributed by atoms with E-state index in [0.717, 1.165) is 9.13 Å². The van der Waals surface area contributed by atoms with Crippen molar-refractivity contribution in [2.75, 3.05) is 6.61 Å². The lowest BCUT2D eigenvalue weighted by Gasteiger charge is -2.31. The molecular weight excluding hydrogens is 338 g/mol. The maximum Gasteiger partial charge on any atom is 0.302 e. The quantitative estimate of drug-likeness (QED) is 0.608. The minimum Gasteiger partial charge on any atom is -0.459 e. The molecule has 1 aromatic carbocycles. The topological polar surface area (TPSA) is 35.5 Å². The highest BCUT2D eigenvalue weighted by molar-refractivity contribution is 14.1. The minimum atomic E-state index is -1.90. The van der Waals surface area contributed by atoms with Crippen molar-refractivity contribution in [3.8, 4) is 5.75 Å². The highest BCUT2D eigenvalue weighted by atomic mass is 127. The Morgan fingerprint density at radius 1 is 1.65 bits per heavy atom. The molecule has 0 aliphatic carbocycles. The number of hydrogen-bond acceptors (Lipinski definition) is 3. The van der Waals surface area contributed by atoms with E-state index in [1.807, 2.05) is 18.2 Å². The van der Waals surface area contributed by atoms with Crippen molar-refractivity contribution < 1.29 is 18.7 Å². The van der Waals surface area contributed by atoms with Crippen molar-refractivity contribution >= 4 is 28.6 Å². The van der Waals surface area contributed by atoms with E-state index in [2.05, 4.69) is 22.6 Å². The number of esters is 1. The van der Waals surface area contributed by atoms with Crippen molar-refractivity contribution in [2.45, 2.75) is 25.6 Å². The number of halogens is 2. The molecule has 5 heteroatoms. The number of carbonyl (C=O) groups excluding carboxylic acids is 1. The molecule has 0 saturated heterocycles. The Balaban J connectivity index is 2.16. The number of aryl methyl sites for hydroxylation is 1. The maximum absolute atomic E-state index is 14.3. The Morgan fingerprint density at radius 3 is 3.12 bits per heavy atom. The van der Waals surface area contributed by atoms with Gasteiger partial charge in [0.05, 0.1) is 3.57 Å². The van der Waals surface area contributed by atoms with Crippen LogP contribution in [-0.2, 0) is 16.0 Å². The molecule has 1 unspecified atom stereocenters. The lowest BCUT2D eigenvalue weighted by Crippen LogP contribution is -2.40. The van der Waals surface area contributed by atoms with Crippen LogP contribution in [0.2, 0.25) is 0 Å². The van der Waals surface area contributed by atoms with E-state index in [4.69, 9.17) is 9.47 Å². The fourth-order valence-electron chi connectivity index (χ4n) is 1.73. The molecule has 0 amide bonds. The summed E-state index contributed by atoms with van der Waals surface area (Å²) in [6, 6.07) is 5.70. The van der Waals surface area contributed by atoms with Gasteiger partial charge in [0.15, 0.2) is 6.61 Å². The highest BCUT2D eigenvalue weighted by Crippen LogP contribution is 2.37. The van der Waals surface area contributed by atoms with Crippen LogP contribution in [0.1, 0.15) is 18.9 Å². The number of alkyl halides is 1. The molecule has 0 radical (unpaired) electrons. The van der Waals surface area contributed by atoms with E-state index in [9.17, 15) is 9.18 Å². The monoisotopic (exact) mass is 350 g/mol. The van der Waals surface area contributed by atoms with Crippen LogP contribution in [0.3, 0.4) is 0 Å². The van der Waals surface area contributed by atoms with Crippen LogP contribution < -0.4 is 4.74 Å². The van der Waals surface area contributed by atoms with E-state index in [1.54, 1.807) is 0 Å². The number of carbonyl (C=O) groups is 1. The van der Waals surface area contributed by atoms with Gasteiger partial charge in [-0.2, -0.15) is 4.39 Å². The largest absolute Gasteiger partial charge is 0.459 e. The van der Waals surface area contributed by atoms with Crippen molar-refractivity contribution in [1.29, 1.82) is 0 Å². The van der Waals surface area contributed by atoms with Gasteiger partial charge in [0.25, 0.3) is 5.85 Å². The number of benzene rings is 1. The second-order valence-corrected chi connectivity index (χ2v) is 5.16. The molecule has 0 N–H and O–H groups in total. The van der Waals surface area contributed by atoms with Crippen molar-refractivity contribution in [3.05, 3.63) is 27.3 Å². The molecule has 3 nitrogen and oxygen atoms in total. The zero-order chi connectivity index (χ0) is 12.5. The van der Waals surface area contributed by atoms with Crippen LogP contribution in [0.5, 0.6) is 5.75 Å².